The molecule has 0 aromatic rings. The van der Waals surface area contributed by atoms with Crippen LogP contribution in [0.5, 0.6) is 0 Å². The van der Waals surface area contributed by atoms with Gasteiger partial charge in [-0.05, 0) is 38.5 Å². The third-order valence-corrected chi connectivity index (χ3v) is 5.74. The maximum Gasteiger partial charge on any atom is 0.0741 e. The Morgan fingerprint density at radius 2 is 1.71 bits per heavy atom. The van der Waals surface area contributed by atoms with E-state index in [-0.39, 0.29) is 12.2 Å². The predicted molar refractivity (Wildman–Crippen MR) is 82.4 cm³/mol. The van der Waals surface area contributed by atoms with Crippen molar-refractivity contribution in [3.63, 3.8) is 0 Å². The number of hydrogen-bond acceptors (Lipinski definition) is 4. The van der Waals surface area contributed by atoms with E-state index in [4.69, 9.17) is 9.47 Å². The molecule has 1 saturated carbocycles. The van der Waals surface area contributed by atoms with Crippen LogP contribution in [0.2, 0.25) is 0 Å². The third-order valence-electron chi connectivity index (χ3n) is 5.74. The van der Waals surface area contributed by atoms with E-state index in [1.807, 2.05) is 0 Å². The summed E-state index contributed by atoms with van der Waals surface area (Å²) in [6.45, 7) is 3.68. The first kappa shape index (κ1) is 15.7. The Hall–Kier alpha value is -0.160. The highest BCUT2D eigenvalue weighted by molar-refractivity contribution is 4.94. The van der Waals surface area contributed by atoms with Gasteiger partial charge in [0.2, 0.25) is 0 Å². The maximum atomic E-state index is 9.51. The number of ether oxygens (including phenoxy) is 2. The molecule has 0 bridgehead atoms. The molecule has 1 unspecified atom stereocenters. The molecule has 4 nitrogen and oxygen atoms in total. The standard InChI is InChI=1S/C17H31NO3/c19-10-9-18(15-4-2-1-3-5-15)16-6-11-21-17(14-16)7-12-20-13-8-17/h15-16,19H,1-14H2. The fraction of sp³-hybridized carbons (Fsp3) is 1.00. The van der Waals surface area contributed by atoms with E-state index in [1.165, 1.54) is 32.1 Å². The second-order valence-electron chi connectivity index (χ2n) is 7.04. The monoisotopic (exact) mass is 297 g/mol. The van der Waals surface area contributed by atoms with Gasteiger partial charge in [0.1, 0.15) is 0 Å². The van der Waals surface area contributed by atoms with E-state index < -0.39 is 0 Å². The Bertz CT molecular complexity index is 306. The lowest BCUT2D eigenvalue weighted by Gasteiger charge is -2.48. The number of aliphatic hydroxyl groups excluding tert-OH is 1. The van der Waals surface area contributed by atoms with Gasteiger partial charge in [0.25, 0.3) is 0 Å². The zero-order chi connectivity index (χ0) is 14.5. The normalized spacial score (nSPS) is 30.9. The van der Waals surface area contributed by atoms with E-state index >= 15 is 0 Å². The Labute approximate surface area is 128 Å². The Morgan fingerprint density at radius 1 is 0.952 bits per heavy atom. The molecule has 21 heavy (non-hydrogen) atoms. The zero-order valence-corrected chi connectivity index (χ0v) is 13.3. The average Bonchev–Trinajstić information content (AvgIpc) is 2.54. The van der Waals surface area contributed by atoms with Crippen molar-refractivity contribution in [3.8, 4) is 0 Å². The number of aliphatic hydroxyl groups is 1. The average molecular weight is 297 g/mol. The van der Waals surface area contributed by atoms with Gasteiger partial charge in [-0.2, -0.15) is 0 Å². The summed E-state index contributed by atoms with van der Waals surface area (Å²) >= 11 is 0. The molecule has 1 aliphatic carbocycles. The van der Waals surface area contributed by atoms with Gasteiger partial charge in [0, 0.05) is 38.4 Å². The minimum Gasteiger partial charge on any atom is -0.395 e. The summed E-state index contributed by atoms with van der Waals surface area (Å²) in [5.74, 6) is 0. The van der Waals surface area contributed by atoms with Gasteiger partial charge in [-0.3, -0.25) is 4.90 Å². The van der Waals surface area contributed by atoms with Crippen LogP contribution in [0.4, 0.5) is 0 Å². The van der Waals surface area contributed by atoms with Crippen LogP contribution in [0, 0.1) is 0 Å². The first-order valence-electron chi connectivity index (χ1n) is 8.91. The minimum absolute atomic E-state index is 0.0591. The van der Waals surface area contributed by atoms with Gasteiger partial charge in [0.15, 0.2) is 0 Å². The van der Waals surface area contributed by atoms with Crippen molar-refractivity contribution in [2.45, 2.75) is 75.5 Å². The van der Waals surface area contributed by atoms with E-state index in [2.05, 4.69) is 4.90 Å². The Morgan fingerprint density at radius 3 is 2.43 bits per heavy atom. The summed E-state index contributed by atoms with van der Waals surface area (Å²) in [6, 6.07) is 1.28. The molecular weight excluding hydrogens is 266 g/mol. The number of hydrogen-bond donors (Lipinski definition) is 1. The number of nitrogens with zero attached hydrogens (tertiary/aromatic N) is 1. The van der Waals surface area contributed by atoms with Gasteiger partial charge >= 0.3 is 0 Å². The van der Waals surface area contributed by atoms with Gasteiger partial charge in [0.05, 0.1) is 12.2 Å². The third kappa shape index (κ3) is 3.79. The molecule has 2 saturated heterocycles. The summed E-state index contributed by atoms with van der Waals surface area (Å²) in [5, 5.41) is 9.51. The van der Waals surface area contributed by atoms with Gasteiger partial charge in [-0.15, -0.1) is 0 Å². The van der Waals surface area contributed by atoms with Crippen molar-refractivity contribution in [1.29, 1.82) is 0 Å². The summed E-state index contributed by atoms with van der Waals surface area (Å²) in [4.78, 5) is 2.62. The van der Waals surface area contributed by atoms with E-state index in [1.54, 1.807) is 0 Å². The lowest BCUT2D eigenvalue weighted by Crippen LogP contribution is -2.54. The molecule has 0 radical (unpaired) electrons. The molecule has 122 valence electrons. The second-order valence-corrected chi connectivity index (χ2v) is 7.04. The fourth-order valence-electron chi connectivity index (χ4n) is 4.57. The quantitative estimate of drug-likeness (QED) is 0.865. The second kappa shape index (κ2) is 7.40. The fourth-order valence-corrected chi connectivity index (χ4v) is 4.57. The van der Waals surface area contributed by atoms with Crippen molar-refractivity contribution in [2.24, 2.45) is 0 Å². The van der Waals surface area contributed by atoms with E-state index in [9.17, 15) is 5.11 Å². The Kier molecular flexibility index (Phi) is 5.54. The SMILES string of the molecule is OCCN(C1CCCCC1)C1CCOC2(CCOCC2)C1. The van der Waals surface area contributed by atoms with Crippen LogP contribution >= 0.6 is 0 Å². The molecule has 2 heterocycles. The van der Waals surface area contributed by atoms with Crippen molar-refractivity contribution in [3.05, 3.63) is 0 Å². The molecule has 3 rings (SSSR count). The van der Waals surface area contributed by atoms with Crippen molar-refractivity contribution < 1.29 is 14.6 Å². The lowest BCUT2D eigenvalue weighted by atomic mass is 9.82. The largest absolute Gasteiger partial charge is 0.395 e. The molecule has 1 atom stereocenters. The first-order chi connectivity index (χ1) is 10.3. The maximum absolute atomic E-state index is 9.51. The van der Waals surface area contributed by atoms with Gasteiger partial charge in [-0.25, -0.2) is 0 Å². The molecule has 3 fully saturated rings. The zero-order valence-electron chi connectivity index (χ0n) is 13.3. The summed E-state index contributed by atoms with van der Waals surface area (Å²) in [5.41, 5.74) is 0.0591. The molecule has 2 aliphatic heterocycles. The molecule has 0 aromatic carbocycles. The van der Waals surface area contributed by atoms with Crippen molar-refractivity contribution >= 4 is 0 Å². The lowest BCUT2D eigenvalue weighted by molar-refractivity contribution is -0.155. The summed E-state index contributed by atoms with van der Waals surface area (Å²) < 4.78 is 11.7. The minimum atomic E-state index is 0.0591. The van der Waals surface area contributed by atoms with Crippen molar-refractivity contribution in [1.82, 2.24) is 4.90 Å². The molecule has 1 spiro atoms. The van der Waals surface area contributed by atoms with Gasteiger partial charge in [-0.1, -0.05) is 19.3 Å². The van der Waals surface area contributed by atoms with Crippen LogP contribution in [0.15, 0.2) is 0 Å². The molecule has 0 aromatic heterocycles. The molecule has 1 N–H and O–H groups in total. The highest BCUT2D eigenvalue weighted by Gasteiger charge is 2.41. The molecule has 3 aliphatic rings. The van der Waals surface area contributed by atoms with E-state index in [0.717, 1.165) is 52.0 Å². The molecular formula is C17H31NO3. The van der Waals surface area contributed by atoms with Crippen molar-refractivity contribution in [2.75, 3.05) is 33.0 Å². The number of rotatable bonds is 4. The van der Waals surface area contributed by atoms with Crippen LogP contribution in [0.3, 0.4) is 0 Å². The topological polar surface area (TPSA) is 41.9 Å². The summed E-state index contributed by atoms with van der Waals surface area (Å²) in [6.07, 6.45) is 11.1. The summed E-state index contributed by atoms with van der Waals surface area (Å²) in [7, 11) is 0. The van der Waals surface area contributed by atoms with Crippen LogP contribution in [0.1, 0.15) is 57.8 Å². The molecule has 0 amide bonds. The van der Waals surface area contributed by atoms with Gasteiger partial charge < -0.3 is 14.6 Å². The highest BCUT2D eigenvalue weighted by Crippen LogP contribution is 2.37. The molecule has 4 heteroatoms. The van der Waals surface area contributed by atoms with Crippen LogP contribution in [-0.2, 0) is 9.47 Å². The van der Waals surface area contributed by atoms with E-state index in [0.29, 0.717) is 12.1 Å². The highest BCUT2D eigenvalue weighted by atomic mass is 16.5. The first-order valence-corrected chi connectivity index (χ1v) is 8.91. The van der Waals surface area contributed by atoms with Crippen LogP contribution < -0.4 is 0 Å². The smallest absolute Gasteiger partial charge is 0.0741 e. The van der Waals surface area contributed by atoms with Crippen LogP contribution in [-0.4, -0.2) is 60.7 Å². The van der Waals surface area contributed by atoms with Crippen LogP contribution in [0.25, 0.3) is 0 Å². The predicted octanol–water partition coefficient (Wildman–Crippen LogP) is 2.34. The Balaban J connectivity index is 1.66.